The number of rotatable bonds is 4. The highest BCUT2D eigenvalue weighted by atomic mass is 35.5. The standard InChI is InChI=1S/C25H29ClN4O/c1-4-19-21-11-18(12-28-25(21)29-24(19)26)17-9-16-5-7-30(15(2)3)13-22(16)20(10-17)23-14-31-8-6-27-23/h9-12,23,27H,2,4-8,13-14H2,1,3H3,(H,28,29). The van der Waals surface area contributed by atoms with Crippen LogP contribution in [-0.2, 0) is 24.1 Å². The zero-order valence-electron chi connectivity index (χ0n) is 18.2. The highest BCUT2D eigenvalue weighted by Crippen LogP contribution is 2.36. The van der Waals surface area contributed by atoms with E-state index in [2.05, 4.69) is 58.8 Å². The molecule has 31 heavy (non-hydrogen) atoms. The summed E-state index contributed by atoms with van der Waals surface area (Å²) in [5.41, 5.74) is 9.60. The number of aryl methyl sites for hydroxylation is 1. The van der Waals surface area contributed by atoms with Gasteiger partial charge in [-0.15, -0.1) is 0 Å². The molecule has 0 aliphatic carbocycles. The van der Waals surface area contributed by atoms with Crippen LogP contribution in [0.25, 0.3) is 22.2 Å². The molecule has 0 spiro atoms. The Labute approximate surface area is 188 Å². The van der Waals surface area contributed by atoms with Gasteiger partial charge in [0, 0.05) is 42.5 Å². The molecular weight excluding hydrogens is 408 g/mol. The lowest BCUT2D eigenvalue weighted by Crippen LogP contribution is -2.37. The molecule has 1 fully saturated rings. The molecule has 0 amide bonds. The van der Waals surface area contributed by atoms with Crippen LogP contribution in [0.3, 0.4) is 0 Å². The number of aromatic nitrogens is 2. The van der Waals surface area contributed by atoms with Gasteiger partial charge in [0.25, 0.3) is 0 Å². The largest absolute Gasteiger partial charge is 0.378 e. The maximum atomic E-state index is 6.40. The quantitative estimate of drug-likeness (QED) is 0.604. The second kappa shape index (κ2) is 8.30. The number of morpholine rings is 1. The second-order valence-corrected chi connectivity index (χ2v) is 8.96. The fourth-order valence-corrected chi connectivity index (χ4v) is 5.19. The molecule has 1 atom stereocenters. The highest BCUT2D eigenvalue weighted by Gasteiger charge is 2.26. The van der Waals surface area contributed by atoms with E-state index in [-0.39, 0.29) is 6.04 Å². The maximum absolute atomic E-state index is 6.40. The minimum atomic E-state index is 0.206. The number of hydrogen-bond donors (Lipinski definition) is 2. The van der Waals surface area contributed by atoms with Gasteiger partial charge in [-0.1, -0.05) is 31.2 Å². The molecule has 3 aromatic rings. The Morgan fingerprint density at radius 2 is 2.19 bits per heavy atom. The molecule has 2 aliphatic heterocycles. The summed E-state index contributed by atoms with van der Waals surface area (Å²) in [6, 6.07) is 7.11. The molecule has 1 aromatic carbocycles. The Balaban J connectivity index is 1.63. The second-order valence-electron chi connectivity index (χ2n) is 8.58. The SMILES string of the molecule is C=C(C)N1CCc2cc(-c3cnc4[nH]c(Cl)c(CC)c4c3)cc(C3COCCN3)c2C1. The van der Waals surface area contributed by atoms with Gasteiger partial charge in [0.15, 0.2) is 0 Å². The normalized spacial score (nSPS) is 18.9. The van der Waals surface area contributed by atoms with Gasteiger partial charge in [0.2, 0.25) is 0 Å². The summed E-state index contributed by atoms with van der Waals surface area (Å²) in [7, 11) is 0. The zero-order valence-corrected chi connectivity index (χ0v) is 19.0. The molecule has 2 aromatic heterocycles. The summed E-state index contributed by atoms with van der Waals surface area (Å²) in [4.78, 5) is 10.2. The van der Waals surface area contributed by atoms with E-state index < -0.39 is 0 Å². The smallest absolute Gasteiger partial charge is 0.138 e. The topological polar surface area (TPSA) is 53.2 Å². The molecule has 1 saturated heterocycles. The molecule has 5 rings (SSSR count). The van der Waals surface area contributed by atoms with Gasteiger partial charge in [0.1, 0.15) is 10.8 Å². The van der Waals surface area contributed by atoms with Crippen LogP contribution < -0.4 is 5.32 Å². The number of fused-ring (bicyclic) bond motifs is 2. The lowest BCUT2D eigenvalue weighted by Gasteiger charge is -2.35. The van der Waals surface area contributed by atoms with E-state index >= 15 is 0 Å². The third-order valence-corrected chi connectivity index (χ3v) is 6.93. The Morgan fingerprint density at radius 1 is 1.32 bits per heavy atom. The van der Waals surface area contributed by atoms with Crippen LogP contribution >= 0.6 is 11.6 Å². The van der Waals surface area contributed by atoms with E-state index in [1.807, 2.05) is 6.20 Å². The molecule has 5 nitrogen and oxygen atoms in total. The first-order valence-electron chi connectivity index (χ1n) is 11.1. The van der Waals surface area contributed by atoms with Crippen LogP contribution in [0.2, 0.25) is 5.15 Å². The van der Waals surface area contributed by atoms with Crippen molar-refractivity contribution in [3.63, 3.8) is 0 Å². The van der Waals surface area contributed by atoms with Crippen molar-refractivity contribution < 1.29 is 4.74 Å². The number of ether oxygens (including phenoxy) is 1. The van der Waals surface area contributed by atoms with Gasteiger partial charge in [-0.25, -0.2) is 4.98 Å². The summed E-state index contributed by atoms with van der Waals surface area (Å²) in [6.45, 7) is 12.6. The Kier molecular flexibility index (Phi) is 5.51. The van der Waals surface area contributed by atoms with Crippen LogP contribution in [0.1, 0.15) is 42.1 Å². The first kappa shape index (κ1) is 20.6. The van der Waals surface area contributed by atoms with Crippen molar-refractivity contribution in [3.05, 3.63) is 64.1 Å². The summed E-state index contributed by atoms with van der Waals surface area (Å²) < 4.78 is 5.81. The number of halogens is 1. The van der Waals surface area contributed by atoms with Gasteiger partial charge >= 0.3 is 0 Å². The van der Waals surface area contributed by atoms with Crippen molar-refractivity contribution in [2.75, 3.05) is 26.3 Å². The van der Waals surface area contributed by atoms with Crippen LogP contribution in [0.15, 0.2) is 36.7 Å². The van der Waals surface area contributed by atoms with E-state index in [0.29, 0.717) is 11.8 Å². The fourth-order valence-electron chi connectivity index (χ4n) is 4.86. The molecule has 0 saturated carbocycles. The number of H-pyrrole nitrogens is 1. The predicted octanol–water partition coefficient (Wildman–Crippen LogP) is 5.00. The van der Waals surface area contributed by atoms with Gasteiger partial charge in [-0.2, -0.15) is 0 Å². The molecule has 162 valence electrons. The molecule has 4 heterocycles. The number of aromatic amines is 1. The third-order valence-electron chi connectivity index (χ3n) is 6.61. The monoisotopic (exact) mass is 436 g/mol. The number of nitrogens with zero attached hydrogens (tertiary/aromatic N) is 2. The molecule has 0 bridgehead atoms. The molecule has 6 heteroatoms. The highest BCUT2D eigenvalue weighted by molar-refractivity contribution is 6.31. The Hall–Kier alpha value is -2.34. The van der Waals surface area contributed by atoms with Crippen LogP contribution in [-0.4, -0.2) is 41.2 Å². The fraction of sp³-hybridized carbons (Fsp3) is 0.400. The maximum Gasteiger partial charge on any atom is 0.138 e. The Morgan fingerprint density at radius 3 is 2.94 bits per heavy atom. The van der Waals surface area contributed by atoms with Crippen molar-refractivity contribution >= 4 is 22.6 Å². The average Bonchev–Trinajstić information content (AvgIpc) is 3.12. The van der Waals surface area contributed by atoms with Gasteiger partial charge in [0.05, 0.1) is 19.3 Å². The van der Waals surface area contributed by atoms with E-state index in [1.54, 1.807) is 0 Å². The van der Waals surface area contributed by atoms with Crippen molar-refractivity contribution in [1.29, 1.82) is 0 Å². The molecule has 2 N–H and O–H groups in total. The first-order chi connectivity index (χ1) is 15.0. The van der Waals surface area contributed by atoms with E-state index in [0.717, 1.165) is 66.9 Å². The third kappa shape index (κ3) is 3.75. The molecular formula is C25H29ClN4O. The molecule has 2 aliphatic rings. The lowest BCUT2D eigenvalue weighted by molar-refractivity contribution is 0.0763. The predicted molar refractivity (Wildman–Crippen MR) is 126 cm³/mol. The summed E-state index contributed by atoms with van der Waals surface area (Å²) in [6.07, 6.45) is 3.84. The van der Waals surface area contributed by atoms with Gasteiger partial charge in [-0.3, -0.25) is 0 Å². The average molecular weight is 437 g/mol. The molecule has 0 radical (unpaired) electrons. The minimum Gasteiger partial charge on any atom is -0.378 e. The van der Waals surface area contributed by atoms with Crippen molar-refractivity contribution in [2.45, 2.75) is 39.3 Å². The van der Waals surface area contributed by atoms with E-state index in [9.17, 15) is 0 Å². The minimum absolute atomic E-state index is 0.206. The van der Waals surface area contributed by atoms with Crippen molar-refractivity contribution in [1.82, 2.24) is 20.2 Å². The van der Waals surface area contributed by atoms with E-state index in [4.69, 9.17) is 16.3 Å². The summed E-state index contributed by atoms with van der Waals surface area (Å²) in [5, 5.41) is 5.46. The van der Waals surface area contributed by atoms with Crippen LogP contribution in [0.4, 0.5) is 0 Å². The number of nitrogens with one attached hydrogen (secondary N) is 2. The van der Waals surface area contributed by atoms with Crippen LogP contribution in [0.5, 0.6) is 0 Å². The summed E-state index contributed by atoms with van der Waals surface area (Å²) >= 11 is 6.40. The Bertz CT molecular complexity index is 1150. The number of allylic oxidation sites excluding steroid dienone is 1. The first-order valence-corrected chi connectivity index (χ1v) is 11.5. The van der Waals surface area contributed by atoms with Crippen molar-refractivity contribution in [2.24, 2.45) is 0 Å². The van der Waals surface area contributed by atoms with Gasteiger partial charge in [-0.05, 0) is 59.7 Å². The van der Waals surface area contributed by atoms with E-state index in [1.165, 1.54) is 22.3 Å². The molecule has 1 unspecified atom stereocenters. The lowest BCUT2D eigenvalue weighted by atomic mass is 9.87. The van der Waals surface area contributed by atoms with Gasteiger partial charge < -0.3 is 19.9 Å². The number of hydrogen-bond acceptors (Lipinski definition) is 4. The van der Waals surface area contributed by atoms with Crippen molar-refractivity contribution in [3.8, 4) is 11.1 Å². The number of pyridine rings is 1. The zero-order chi connectivity index (χ0) is 21.5. The number of benzene rings is 1. The van der Waals surface area contributed by atoms with Crippen LogP contribution in [0, 0.1) is 0 Å². The summed E-state index contributed by atoms with van der Waals surface area (Å²) in [5.74, 6) is 0.